The average Bonchev–Trinajstić information content (AvgIpc) is 2.29. The Kier molecular flexibility index (Phi) is 7.46. The monoisotopic (exact) mass is 231 g/mol. The highest BCUT2D eigenvalue weighted by atomic mass is 35.5. The Hall–Kier alpha value is 0.250. The Morgan fingerprint density at radius 1 is 1.07 bits per heavy atom. The van der Waals surface area contributed by atoms with Crippen molar-refractivity contribution in [2.24, 2.45) is 0 Å². The van der Waals surface area contributed by atoms with Gasteiger partial charge in [-0.2, -0.15) is 0 Å². The molecule has 1 rings (SSSR count). The van der Waals surface area contributed by atoms with E-state index in [-0.39, 0.29) is 0 Å². The second-order valence-corrected chi connectivity index (χ2v) is 5.10. The minimum atomic E-state index is 0.794. The molecule has 1 nitrogen and oxygen atoms in total. The predicted molar refractivity (Wildman–Crippen MR) is 68.7 cm³/mol. The third kappa shape index (κ3) is 5.21. The van der Waals surface area contributed by atoms with Gasteiger partial charge in [-0.15, -0.1) is 11.6 Å². The molecule has 0 aromatic heterocycles. The lowest BCUT2D eigenvalue weighted by Gasteiger charge is -2.34. The van der Waals surface area contributed by atoms with E-state index in [0.29, 0.717) is 0 Å². The van der Waals surface area contributed by atoms with Gasteiger partial charge in [0.25, 0.3) is 0 Å². The predicted octanol–water partition coefficient (Wildman–Crippen LogP) is 4.05. The van der Waals surface area contributed by atoms with Crippen LogP contribution in [0.15, 0.2) is 0 Å². The smallest absolute Gasteiger partial charge is 0.0351 e. The molecule has 0 radical (unpaired) electrons. The number of alkyl halides is 1. The topological polar surface area (TPSA) is 3.24 Å². The maximum atomic E-state index is 5.89. The number of hydrogen-bond acceptors (Lipinski definition) is 1. The van der Waals surface area contributed by atoms with E-state index in [1.807, 2.05) is 0 Å². The third-order valence-corrected chi connectivity index (χ3v) is 3.68. The standard InChI is InChI=1S/C13H26ClN/c1-2-3-7-11-15(12-10-14)13-8-5-4-6-9-13/h13H,2-12H2,1H3. The van der Waals surface area contributed by atoms with Gasteiger partial charge in [0.2, 0.25) is 0 Å². The van der Waals surface area contributed by atoms with E-state index < -0.39 is 0 Å². The van der Waals surface area contributed by atoms with Gasteiger partial charge in [0, 0.05) is 18.5 Å². The van der Waals surface area contributed by atoms with Gasteiger partial charge in [0.1, 0.15) is 0 Å². The van der Waals surface area contributed by atoms with Gasteiger partial charge in [0.05, 0.1) is 0 Å². The first-order valence-corrected chi connectivity index (χ1v) is 7.22. The molecule has 0 amide bonds. The fourth-order valence-electron chi connectivity index (χ4n) is 2.60. The van der Waals surface area contributed by atoms with Crippen molar-refractivity contribution in [1.82, 2.24) is 4.90 Å². The zero-order chi connectivity index (χ0) is 10.9. The zero-order valence-corrected chi connectivity index (χ0v) is 10.9. The first-order valence-electron chi connectivity index (χ1n) is 6.68. The van der Waals surface area contributed by atoms with E-state index in [2.05, 4.69) is 11.8 Å². The van der Waals surface area contributed by atoms with Crippen LogP contribution in [0, 0.1) is 0 Å². The lowest BCUT2D eigenvalue weighted by molar-refractivity contribution is 0.162. The Morgan fingerprint density at radius 2 is 1.80 bits per heavy atom. The maximum absolute atomic E-state index is 5.89. The van der Waals surface area contributed by atoms with Crippen molar-refractivity contribution in [2.75, 3.05) is 19.0 Å². The lowest BCUT2D eigenvalue weighted by Crippen LogP contribution is -2.38. The summed E-state index contributed by atoms with van der Waals surface area (Å²) in [5.41, 5.74) is 0. The maximum Gasteiger partial charge on any atom is 0.0351 e. The molecule has 0 N–H and O–H groups in total. The molecule has 0 unspecified atom stereocenters. The molecular weight excluding hydrogens is 206 g/mol. The minimum absolute atomic E-state index is 0.794. The van der Waals surface area contributed by atoms with Crippen LogP contribution in [-0.2, 0) is 0 Å². The molecule has 0 heterocycles. The van der Waals surface area contributed by atoms with Crippen LogP contribution in [0.3, 0.4) is 0 Å². The van der Waals surface area contributed by atoms with E-state index in [4.69, 9.17) is 11.6 Å². The van der Waals surface area contributed by atoms with Crippen molar-refractivity contribution < 1.29 is 0 Å². The van der Waals surface area contributed by atoms with E-state index in [0.717, 1.165) is 18.5 Å². The van der Waals surface area contributed by atoms with Crippen LogP contribution in [0.1, 0.15) is 58.3 Å². The molecule has 0 bridgehead atoms. The molecule has 0 aromatic rings. The van der Waals surface area contributed by atoms with Crippen molar-refractivity contribution in [1.29, 1.82) is 0 Å². The molecule has 1 aliphatic carbocycles. The number of hydrogen-bond donors (Lipinski definition) is 0. The molecule has 0 aromatic carbocycles. The molecule has 90 valence electrons. The van der Waals surface area contributed by atoms with E-state index in [9.17, 15) is 0 Å². The van der Waals surface area contributed by atoms with Crippen LogP contribution >= 0.6 is 11.6 Å². The summed E-state index contributed by atoms with van der Waals surface area (Å²) in [7, 11) is 0. The summed E-state index contributed by atoms with van der Waals surface area (Å²) >= 11 is 5.89. The molecule has 0 saturated heterocycles. The van der Waals surface area contributed by atoms with Crippen LogP contribution in [-0.4, -0.2) is 29.9 Å². The first-order chi connectivity index (χ1) is 7.38. The van der Waals surface area contributed by atoms with Gasteiger partial charge in [-0.3, -0.25) is 4.90 Å². The molecule has 0 spiro atoms. The average molecular weight is 232 g/mol. The number of nitrogens with zero attached hydrogens (tertiary/aromatic N) is 1. The van der Waals surface area contributed by atoms with E-state index >= 15 is 0 Å². The molecule has 1 aliphatic rings. The van der Waals surface area contributed by atoms with Gasteiger partial charge in [-0.25, -0.2) is 0 Å². The summed E-state index contributed by atoms with van der Waals surface area (Å²) in [4.78, 5) is 2.64. The Morgan fingerprint density at radius 3 is 2.40 bits per heavy atom. The lowest BCUT2D eigenvalue weighted by atomic mass is 9.94. The number of rotatable bonds is 7. The Labute approximate surface area is 100 Å². The quantitative estimate of drug-likeness (QED) is 0.472. The van der Waals surface area contributed by atoms with Gasteiger partial charge >= 0.3 is 0 Å². The normalized spacial score (nSPS) is 18.6. The Bertz CT molecular complexity index is 143. The van der Waals surface area contributed by atoms with Crippen molar-refractivity contribution in [3.63, 3.8) is 0 Å². The van der Waals surface area contributed by atoms with Crippen LogP contribution in [0.2, 0.25) is 0 Å². The Balaban J connectivity index is 2.26. The van der Waals surface area contributed by atoms with E-state index in [1.165, 1.54) is 57.9 Å². The second-order valence-electron chi connectivity index (χ2n) is 4.72. The van der Waals surface area contributed by atoms with Crippen molar-refractivity contribution >= 4 is 11.6 Å². The SMILES string of the molecule is CCCCCN(CCCl)C1CCCCC1. The zero-order valence-electron chi connectivity index (χ0n) is 10.2. The van der Waals surface area contributed by atoms with Gasteiger partial charge in [-0.05, 0) is 25.8 Å². The fraction of sp³-hybridized carbons (Fsp3) is 1.00. The van der Waals surface area contributed by atoms with Crippen LogP contribution in [0.25, 0.3) is 0 Å². The molecular formula is C13H26ClN. The van der Waals surface area contributed by atoms with E-state index in [1.54, 1.807) is 0 Å². The fourth-order valence-corrected chi connectivity index (χ4v) is 2.81. The van der Waals surface area contributed by atoms with Gasteiger partial charge < -0.3 is 0 Å². The summed E-state index contributed by atoms with van der Waals surface area (Å²) < 4.78 is 0. The summed E-state index contributed by atoms with van der Waals surface area (Å²) in [6, 6.07) is 0.842. The summed E-state index contributed by atoms with van der Waals surface area (Å²) in [5.74, 6) is 0.794. The minimum Gasteiger partial charge on any atom is -0.299 e. The van der Waals surface area contributed by atoms with Gasteiger partial charge in [0.15, 0.2) is 0 Å². The summed E-state index contributed by atoms with van der Waals surface area (Å²) in [6.45, 7) is 4.63. The summed E-state index contributed by atoms with van der Waals surface area (Å²) in [6.07, 6.45) is 11.1. The molecule has 1 saturated carbocycles. The third-order valence-electron chi connectivity index (χ3n) is 3.51. The highest BCUT2D eigenvalue weighted by molar-refractivity contribution is 6.18. The number of unbranched alkanes of at least 4 members (excludes halogenated alkanes) is 2. The van der Waals surface area contributed by atoms with Crippen LogP contribution in [0.4, 0.5) is 0 Å². The summed E-state index contributed by atoms with van der Waals surface area (Å²) in [5, 5.41) is 0. The number of halogens is 1. The molecule has 0 aliphatic heterocycles. The van der Waals surface area contributed by atoms with Crippen LogP contribution < -0.4 is 0 Å². The van der Waals surface area contributed by atoms with Crippen molar-refractivity contribution in [3.05, 3.63) is 0 Å². The molecule has 0 atom stereocenters. The molecule has 2 heteroatoms. The molecule has 1 fully saturated rings. The highest BCUT2D eigenvalue weighted by Crippen LogP contribution is 2.22. The van der Waals surface area contributed by atoms with Gasteiger partial charge in [-0.1, -0.05) is 39.0 Å². The van der Waals surface area contributed by atoms with Crippen LogP contribution in [0.5, 0.6) is 0 Å². The second kappa shape index (κ2) is 8.41. The van der Waals surface area contributed by atoms with Crippen molar-refractivity contribution in [3.8, 4) is 0 Å². The highest BCUT2D eigenvalue weighted by Gasteiger charge is 2.19. The van der Waals surface area contributed by atoms with Crippen molar-refractivity contribution in [2.45, 2.75) is 64.3 Å². The molecule has 15 heavy (non-hydrogen) atoms. The first kappa shape index (κ1) is 13.3. The largest absolute Gasteiger partial charge is 0.299 e.